The first-order valence-corrected chi connectivity index (χ1v) is 4.48. The molecule has 0 bridgehead atoms. The summed E-state index contributed by atoms with van der Waals surface area (Å²) in [4.78, 5) is 0.912. The van der Waals surface area contributed by atoms with Crippen LogP contribution < -0.4 is 5.32 Å². The van der Waals surface area contributed by atoms with Crippen LogP contribution in [0.15, 0.2) is 29.2 Å². The largest absolute Gasteiger partial charge is 0.377 e. The molecule has 12 heavy (non-hydrogen) atoms. The van der Waals surface area contributed by atoms with Crippen LogP contribution in [0, 0.1) is 0 Å². The maximum absolute atomic E-state index is 9.24. The third kappa shape index (κ3) is 1.29. The van der Waals surface area contributed by atoms with Crippen molar-refractivity contribution >= 4 is 17.4 Å². The smallest absolute Gasteiger partial charge is 0.181 e. The molecular weight excluding hydrogens is 174 g/mol. The van der Waals surface area contributed by atoms with E-state index >= 15 is 0 Å². The molecule has 0 amide bonds. The molecule has 1 radical (unpaired) electrons. The van der Waals surface area contributed by atoms with Crippen molar-refractivity contribution < 1.29 is 10.2 Å². The minimum absolute atomic E-state index is 0.750. The molecule has 1 aromatic carbocycles. The third-order valence-corrected chi connectivity index (χ3v) is 2.72. The molecule has 2 rings (SSSR count). The number of thioether (sulfide) groups is 1. The van der Waals surface area contributed by atoms with Crippen LogP contribution >= 0.6 is 11.8 Å². The second-order valence-electron chi connectivity index (χ2n) is 2.52. The van der Waals surface area contributed by atoms with Gasteiger partial charge in [-0.05, 0) is 12.1 Å². The van der Waals surface area contributed by atoms with Gasteiger partial charge in [0.25, 0.3) is 0 Å². The molecule has 0 fully saturated rings. The summed E-state index contributed by atoms with van der Waals surface area (Å²) in [5.74, 6) is 0. The molecule has 0 aliphatic carbocycles. The molecule has 1 heterocycles. The molecule has 2 unspecified atom stereocenters. The highest BCUT2D eigenvalue weighted by molar-refractivity contribution is 8.00. The van der Waals surface area contributed by atoms with Gasteiger partial charge in [0.15, 0.2) is 11.7 Å². The Balaban J connectivity index is 2.34. The maximum atomic E-state index is 9.24. The lowest BCUT2D eigenvalue weighted by Crippen LogP contribution is -2.33. The first-order chi connectivity index (χ1) is 5.77. The van der Waals surface area contributed by atoms with E-state index in [4.69, 9.17) is 0 Å². The van der Waals surface area contributed by atoms with Gasteiger partial charge < -0.3 is 10.2 Å². The molecule has 0 saturated heterocycles. The van der Waals surface area contributed by atoms with Gasteiger partial charge in [-0.25, -0.2) is 5.32 Å². The van der Waals surface area contributed by atoms with E-state index in [2.05, 4.69) is 5.32 Å². The van der Waals surface area contributed by atoms with Crippen LogP contribution in [-0.4, -0.2) is 21.9 Å². The topological polar surface area (TPSA) is 54.6 Å². The van der Waals surface area contributed by atoms with Crippen molar-refractivity contribution in [1.29, 1.82) is 0 Å². The number of fused-ring (bicyclic) bond motifs is 1. The van der Waals surface area contributed by atoms with Crippen molar-refractivity contribution in [2.75, 3.05) is 0 Å². The lowest BCUT2D eigenvalue weighted by Gasteiger charge is -2.24. The van der Waals surface area contributed by atoms with Gasteiger partial charge in [-0.2, -0.15) is 0 Å². The van der Waals surface area contributed by atoms with Crippen molar-refractivity contribution in [3.8, 4) is 0 Å². The Kier molecular flexibility index (Phi) is 1.96. The summed E-state index contributed by atoms with van der Waals surface area (Å²) >= 11 is 1.23. The Hall–Kier alpha value is -0.710. The molecule has 1 aromatic rings. The summed E-state index contributed by atoms with van der Waals surface area (Å²) in [6.07, 6.45) is -0.995. The van der Waals surface area contributed by atoms with Gasteiger partial charge >= 0.3 is 0 Å². The van der Waals surface area contributed by atoms with Gasteiger partial charge in [0.05, 0.1) is 5.69 Å². The van der Waals surface area contributed by atoms with Crippen LogP contribution in [0.5, 0.6) is 0 Å². The number of nitrogens with zero attached hydrogens (tertiary/aromatic N) is 1. The van der Waals surface area contributed by atoms with Crippen molar-refractivity contribution in [3.63, 3.8) is 0 Å². The Morgan fingerprint density at radius 1 is 1.25 bits per heavy atom. The number of aliphatic hydroxyl groups excluding tert-OH is 2. The maximum Gasteiger partial charge on any atom is 0.181 e. The highest BCUT2D eigenvalue weighted by Crippen LogP contribution is 2.35. The van der Waals surface area contributed by atoms with Gasteiger partial charge in [-0.3, -0.25) is 0 Å². The monoisotopic (exact) mass is 182 g/mol. The van der Waals surface area contributed by atoms with E-state index in [1.807, 2.05) is 24.3 Å². The second kappa shape index (κ2) is 2.97. The minimum Gasteiger partial charge on any atom is -0.377 e. The zero-order valence-electron chi connectivity index (χ0n) is 6.21. The molecule has 0 saturated carbocycles. The lowest BCUT2D eigenvalue weighted by atomic mass is 10.3. The van der Waals surface area contributed by atoms with E-state index in [1.165, 1.54) is 11.8 Å². The first kappa shape index (κ1) is 7.91. The minimum atomic E-state index is -0.995. The number of rotatable bonds is 0. The zero-order valence-corrected chi connectivity index (χ0v) is 7.03. The predicted octanol–water partition coefficient (Wildman–Crippen LogP) is 0.665. The summed E-state index contributed by atoms with van der Waals surface area (Å²) in [7, 11) is 0. The molecule has 2 N–H and O–H groups in total. The van der Waals surface area contributed by atoms with Crippen molar-refractivity contribution in [3.05, 3.63) is 24.3 Å². The van der Waals surface area contributed by atoms with Crippen LogP contribution in [0.25, 0.3) is 0 Å². The van der Waals surface area contributed by atoms with Crippen LogP contribution in [0.3, 0.4) is 0 Å². The van der Waals surface area contributed by atoms with Gasteiger partial charge in [-0.15, -0.1) is 0 Å². The number of benzene rings is 1. The average molecular weight is 182 g/mol. The molecule has 0 aromatic heterocycles. The van der Waals surface area contributed by atoms with Crippen LogP contribution in [0.2, 0.25) is 0 Å². The summed E-state index contributed by atoms with van der Waals surface area (Å²) in [5, 5.41) is 22.3. The van der Waals surface area contributed by atoms with E-state index < -0.39 is 11.7 Å². The average Bonchev–Trinajstić information content (AvgIpc) is 2.07. The SMILES string of the molecule is OC1[N]c2ccccc2SC1O. The lowest BCUT2D eigenvalue weighted by molar-refractivity contribution is 0.0545. The highest BCUT2D eigenvalue weighted by Gasteiger charge is 2.25. The van der Waals surface area contributed by atoms with Gasteiger partial charge in [-0.1, -0.05) is 23.9 Å². The number of aliphatic hydroxyl groups is 2. The van der Waals surface area contributed by atoms with E-state index in [0.717, 1.165) is 10.6 Å². The first-order valence-electron chi connectivity index (χ1n) is 3.60. The standard InChI is InChI=1S/C8H8NO2S/c10-7-8(11)12-6-4-2-1-3-5(6)9-7/h1-4,7-8,10-11H. The van der Waals surface area contributed by atoms with E-state index in [0.29, 0.717) is 0 Å². The fourth-order valence-electron chi connectivity index (χ4n) is 1.06. The fourth-order valence-corrected chi connectivity index (χ4v) is 1.90. The van der Waals surface area contributed by atoms with E-state index in [9.17, 15) is 10.2 Å². The zero-order chi connectivity index (χ0) is 8.55. The van der Waals surface area contributed by atoms with Gasteiger partial charge in [0.2, 0.25) is 0 Å². The Morgan fingerprint density at radius 3 is 2.83 bits per heavy atom. The molecule has 1 aliphatic rings. The third-order valence-electron chi connectivity index (χ3n) is 1.64. The van der Waals surface area contributed by atoms with Crippen LogP contribution in [0.4, 0.5) is 5.69 Å². The van der Waals surface area contributed by atoms with Gasteiger partial charge in [0.1, 0.15) is 0 Å². The fraction of sp³-hybridized carbons (Fsp3) is 0.250. The van der Waals surface area contributed by atoms with Crippen molar-refractivity contribution in [1.82, 2.24) is 5.32 Å². The molecule has 63 valence electrons. The molecule has 0 spiro atoms. The quantitative estimate of drug-likeness (QED) is 0.620. The number of hydrogen-bond acceptors (Lipinski definition) is 3. The normalized spacial score (nSPS) is 27.5. The number of hydrogen-bond donors (Lipinski definition) is 2. The second-order valence-corrected chi connectivity index (χ2v) is 3.68. The Morgan fingerprint density at radius 2 is 2.00 bits per heavy atom. The van der Waals surface area contributed by atoms with Gasteiger partial charge in [0, 0.05) is 4.90 Å². The van der Waals surface area contributed by atoms with Crippen LogP contribution in [0.1, 0.15) is 0 Å². The van der Waals surface area contributed by atoms with E-state index in [1.54, 1.807) is 0 Å². The molecule has 4 heteroatoms. The molecular formula is C8H8NO2S. The Bertz CT molecular complexity index is 263. The summed E-state index contributed by atoms with van der Waals surface area (Å²) < 4.78 is 0. The van der Waals surface area contributed by atoms with Crippen molar-refractivity contribution in [2.45, 2.75) is 16.6 Å². The number of para-hydroxylation sites is 1. The predicted molar refractivity (Wildman–Crippen MR) is 46.1 cm³/mol. The summed E-state index contributed by atoms with van der Waals surface area (Å²) in [6.45, 7) is 0. The highest BCUT2D eigenvalue weighted by atomic mass is 32.2. The van der Waals surface area contributed by atoms with E-state index in [-0.39, 0.29) is 0 Å². The molecule has 1 aliphatic heterocycles. The Labute approximate surface area is 74.4 Å². The molecule has 3 nitrogen and oxygen atoms in total. The van der Waals surface area contributed by atoms with Crippen LogP contribution in [-0.2, 0) is 0 Å². The molecule has 2 atom stereocenters. The summed E-state index contributed by atoms with van der Waals surface area (Å²) in [5.41, 5.74) is -0.0831. The summed E-state index contributed by atoms with van der Waals surface area (Å²) in [6, 6.07) is 7.43. The van der Waals surface area contributed by atoms with Crippen molar-refractivity contribution in [2.24, 2.45) is 0 Å².